The van der Waals surface area contributed by atoms with Crippen LogP contribution >= 0.6 is 22.9 Å². The van der Waals surface area contributed by atoms with E-state index in [1.807, 2.05) is 26.8 Å². The Hall–Kier alpha value is -0.540. The first-order chi connectivity index (χ1) is 7.00. The Morgan fingerprint density at radius 2 is 2.27 bits per heavy atom. The standard InChI is InChI=1S/C11H16ClNOS/c1-7-6-10(15-9(7)3)11(14)13-5-4-8(2)12/h6,8H,4-5H2,1-3H3,(H,13,14). The van der Waals surface area contributed by atoms with Gasteiger partial charge in [0.1, 0.15) is 0 Å². The van der Waals surface area contributed by atoms with Crippen LogP contribution in [0.3, 0.4) is 0 Å². The topological polar surface area (TPSA) is 29.1 Å². The molecular weight excluding hydrogens is 230 g/mol. The van der Waals surface area contributed by atoms with Crippen molar-refractivity contribution in [2.45, 2.75) is 32.6 Å². The van der Waals surface area contributed by atoms with Crippen molar-refractivity contribution in [3.63, 3.8) is 0 Å². The monoisotopic (exact) mass is 245 g/mol. The molecule has 1 N–H and O–H groups in total. The summed E-state index contributed by atoms with van der Waals surface area (Å²) in [6, 6.07) is 1.93. The predicted octanol–water partition coefficient (Wildman–Crippen LogP) is 3.11. The number of amides is 1. The maximum absolute atomic E-state index is 11.6. The van der Waals surface area contributed by atoms with Gasteiger partial charge in [-0.05, 0) is 38.8 Å². The second-order valence-electron chi connectivity index (χ2n) is 3.68. The van der Waals surface area contributed by atoms with Crippen LogP contribution in [-0.4, -0.2) is 17.8 Å². The van der Waals surface area contributed by atoms with Crippen molar-refractivity contribution in [3.8, 4) is 0 Å². The van der Waals surface area contributed by atoms with Gasteiger partial charge >= 0.3 is 0 Å². The molecule has 2 nitrogen and oxygen atoms in total. The molecule has 1 unspecified atom stereocenters. The molecule has 1 rings (SSSR count). The highest BCUT2D eigenvalue weighted by Crippen LogP contribution is 2.20. The summed E-state index contributed by atoms with van der Waals surface area (Å²) >= 11 is 7.32. The van der Waals surface area contributed by atoms with Gasteiger partial charge in [-0.15, -0.1) is 22.9 Å². The van der Waals surface area contributed by atoms with E-state index in [2.05, 4.69) is 5.32 Å². The number of alkyl halides is 1. The fraction of sp³-hybridized carbons (Fsp3) is 0.545. The Bertz CT molecular complexity index is 327. The van der Waals surface area contributed by atoms with Crippen molar-refractivity contribution in [1.29, 1.82) is 0 Å². The zero-order valence-electron chi connectivity index (χ0n) is 9.26. The lowest BCUT2D eigenvalue weighted by molar-refractivity contribution is 0.0957. The molecule has 1 atom stereocenters. The number of nitrogens with one attached hydrogen (secondary N) is 1. The molecule has 0 spiro atoms. The van der Waals surface area contributed by atoms with Gasteiger partial charge in [0.25, 0.3) is 5.91 Å². The highest BCUT2D eigenvalue weighted by Gasteiger charge is 2.09. The van der Waals surface area contributed by atoms with E-state index in [0.717, 1.165) is 11.3 Å². The molecule has 0 aromatic carbocycles. The smallest absolute Gasteiger partial charge is 0.261 e. The third-order valence-corrected chi connectivity index (χ3v) is 3.59. The second kappa shape index (κ2) is 5.52. The fourth-order valence-corrected chi connectivity index (χ4v) is 2.22. The van der Waals surface area contributed by atoms with Crippen molar-refractivity contribution in [2.24, 2.45) is 0 Å². The highest BCUT2D eigenvalue weighted by atomic mass is 35.5. The minimum Gasteiger partial charge on any atom is -0.351 e. The van der Waals surface area contributed by atoms with Crippen LogP contribution in [0.15, 0.2) is 6.07 Å². The van der Waals surface area contributed by atoms with E-state index < -0.39 is 0 Å². The predicted molar refractivity (Wildman–Crippen MR) is 66.1 cm³/mol. The number of carbonyl (C=O) groups is 1. The maximum Gasteiger partial charge on any atom is 0.261 e. The lowest BCUT2D eigenvalue weighted by atomic mass is 10.3. The number of aryl methyl sites for hydroxylation is 2. The third kappa shape index (κ3) is 3.84. The van der Waals surface area contributed by atoms with Gasteiger partial charge in [0.2, 0.25) is 0 Å². The van der Waals surface area contributed by atoms with Gasteiger partial charge in [0.15, 0.2) is 0 Å². The molecule has 0 aliphatic rings. The Morgan fingerprint density at radius 1 is 1.60 bits per heavy atom. The Morgan fingerprint density at radius 3 is 2.73 bits per heavy atom. The number of hydrogen-bond acceptors (Lipinski definition) is 2. The molecule has 1 amide bonds. The summed E-state index contributed by atoms with van der Waals surface area (Å²) in [5.41, 5.74) is 1.18. The molecule has 0 aliphatic heterocycles. The van der Waals surface area contributed by atoms with Crippen molar-refractivity contribution >= 4 is 28.8 Å². The van der Waals surface area contributed by atoms with E-state index in [4.69, 9.17) is 11.6 Å². The average Bonchev–Trinajstić information content (AvgIpc) is 2.46. The van der Waals surface area contributed by atoms with Crippen LogP contribution in [0.4, 0.5) is 0 Å². The number of halogens is 1. The average molecular weight is 246 g/mol. The van der Waals surface area contributed by atoms with Gasteiger partial charge in [0, 0.05) is 16.8 Å². The summed E-state index contributed by atoms with van der Waals surface area (Å²) in [6.45, 7) is 6.60. The first-order valence-corrected chi connectivity index (χ1v) is 6.25. The zero-order chi connectivity index (χ0) is 11.4. The number of carbonyl (C=O) groups excluding carboxylic acids is 1. The Kier molecular flexibility index (Phi) is 4.61. The van der Waals surface area contributed by atoms with E-state index in [0.29, 0.717) is 6.54 Å². The molecular formula is C11H16ClNOS. The zero-order valence-corrected chi connectivity index (χ0v) is 10.8. The van der Waals surface area contributed by atoms with E-state index in [1.54, 1.807) is 0 Å². The molecule has 1 aromatic rings. The summed E-state index contributed by atoms with van der Waals surface area (Å²) in [4.78, 5) is 13.6. The number of rotatable bonds is 4. The van der Waals surface area contributed by atoms with Crippen molar-refractivity contribution in [3.05, 3.63) is 21.4 Å². The van der Waals surface area contributed by atoms with Gasteiger partial charge in [-0.2, -0.15) is 0 Å². The normalized spacial score (nSPS) is 12.5. The van der Waals surface area contributed by atoms with Crippen LogP contribution < -0.4 is 5.32 Å². The quantitative estimate of drug-likeness (QED) is 0.812. The van der Waals surface area contributed by atoms with Crippen molar-refractivity contribution in [2.75, 3.05) is 6.54 Å². The molecule has 1 heterocycles. The highest BCUT2D eigenvalue weighted by molar-refractivity contribution is 7.14. The first kappa shape index (κ1) is 12.5. The molecule has 0 aliphatic carbocycles. The van der Waals surface area contributed by atoms with Gasteiger partial charge in [-0.3, -0.25) is 4.79 Å². The largest absolute Gasteiger partial charge is 0.351 e. The molecule has 84 valence electrons. The summed E-state index contributed by atoms with van der Waals surface area (Å²) < 4.78 is 0. The van der Waals surface area contributed by atoms with E-state index in [1.165, 1.54) is 21.8 Å². The molecule has 1 aromatic heterocycles. The van der Waals surface area contributed by atoms with Crippen molar-refractivity contribution < 1.29 is 4.79 Å². The maximum atomic E-state index is 11.6. The molecule has 0 saturated heterocycles. The third-order valence-electron chi connectivity index (χ3n) is 2.22. The summed E-state index contributed by atoms with van der Waals surface area (Å²) in [5, 5.41) is 2.97. The van der Waals surface area contributed by atoms with Crippen LogP contribution in [0.1, 0.15) is 33.5 Å². The van der Waals surface area contributed by atoms with E-state index >= 15 is 0 Å². The number of thiophene rings is 1. The Labute approximate surface area is 99.6 Å². The Balaban J connectivity index is 2.47. The molecule has 4 heteroatoms. The summed E-state index contributed by atoms with van der Waals surface area (Å²) in [7, 11) is 0. The minimum atomic E-state index is 0.00789. The minimum absolute atomic E-state index is 0.00789. The molecule has 15 heavy (non-hydrogen) atoms. The molecule has 0 bridgehead atoms. The van der Waals surface area contributed by atoms with Crippen LogP contribution in [0.25, 0.3) is 0 Å². The van der Waals surface area contributed by atoms with Crippen LogP contribution in [0, 0.1) is 13.8 Å². The molecule has 0 radical (unpaired) electrons. The second-order valence-corrected chi connectivity index (χ2v) is 5.68. The fourth-order valence-electron chi connectivity index (χ4n) is 1.16. The number of hydrogen-bond donors (Lipinski definition) is 1. The first-order valence-electron chi connectivity index (χ1n) is 5.00. The van der Waals surface area contributed by atoms with E-state index in [9.17, 15) is 4.79 Å². The lowest BCUT2D eigenvalue weighted by Crippen LogP contribution is -2.24. The lowest BCUT2D eigenvalue weighted by Gasteiger charge is -2.04. The molecule has 0 saturated carbocycles. The molecule has 0 fully saturated rings. The van der Waals surface area contributed by atoms with E-state index in [-0.39, 0.29) is 11.3 Å². The van der Waals surface area contributed by atoms with Crippen LogP contribution in [0.2, 0.25) is 0 Å². The van der Waals surface area contributed by atoms with Crippen LogP contribution in [0.5, 0.6) is 0 Å². The van der Waals surface area contributed by atoms with Crippen molar-refractivity contribution in [1.82, 2.24) is 5.32 Å². The van der Waals surface area contributed by atoms with Crippen LogP contribution in [-0.2, 0) is 0 Å². The van der Waals surface area contributed by atoms with Gasteiger partial charge in [0.05, 0.1) is 4.88 Å². The SMILES string of the molecule is Cc1cc(C(=O)NCCC(C)Cl)sc1C. The van der Waals surface area contributed by atoms with Gasteiger partial charge in [-0.1, -0.05) is 0 Å². The summed E-state index contributed by atoms with van der Waals surface area (Å²) in [5.74, 6) is 0.00789. The van der Waals surface area contributed by atoms with Gasteiger partial charge < -0.3 is 5.32 Å². The summed E-state index contributed by atoms with van der Waals surface area (Å²) in [6.07, 6.45) is 0.802. The van der Waals surface area contributed by atoms with Gasteiger partial charge in [-0.25, -0.2) is 0 Å².